The van der Waals surface area contributed by atoms with Crippen LogP contribution in [-0.4, -0.2) is 38.6 Å². The summed E-state index contributed by atoms with van der Waals surface area (Å²) in [5, 5.41) is 9.94. The highest BCUT2D eigenvalue weighted by atomic mass is 32.2. The van der Waals surface area contributed by atoms with Gasteiger partial charge in [0.25, 0.3) is 10.0 Å². The first-order valence-electron chi connectivity index (χ1n) is 7.09. The van der Waals surface area contributed by atoms with Gasteiger partial charge in [-0.15, -0.1) is 0 Å². The van der Waals surface area contributed by atoms with Crippen LogP contribution in [0.5, 0.6) is 5.75 Å². The fraction of sp³-hybridized carbons (Fsp3) is 0.188. The monoisotopic (exact) mass is 332 g/mol. The number of benzene rings is 2. The van der Waals surface area contributed by atoms with Gasteiger partial charge in [0.2, 0.25) is 0 Å². The Balaban J connectivity index is 1.64. The van der Waals surface area contributed by atoms with Crippen LogP contribution in [0.25, 0.3) is 0 Å². The topological polar surface area (TPSA) is 88.0 Å². The zero-order valence-corrected chi connectivity index (χ0v) is 13.0. The first-order chi connectivity index (χ1) is 11.1. The second-order valence-electron chi connectivity index (χ2n) is 5.07. The SMILES string of the molecule is O=S1(=O)NC(=NC[C@@H](O)COc2ccccc2)c2ccccc21. The quantitative estimate of drug-likeness (QED) is 0.860. The Labute approximate surface area is 134 Å². The summed E-state index contributed by atoms with van der Waals surface area (Å²) in [6.07, 6.45) is -0.833. The van der Waals surface area contributed by atoms with Crippen molar-refractivity contribution in [2.45, 2.75) is 11.0 Å². The van der Waals surface area contributed by atoms with Gasteiger partial charge >= 0.3 is 0 Å². The summed E-state index contributed by atoms with van der Waals surface area (Å²) < 4.78 is 31.7. The van der Waals surface area contributed by atoms with Gasteiger partial charge in [0.15, 0.2) is 0 Å². The first-order valence-corrected chi connectivity index (χ1v) is 8.57. The summed E-state index contributed by atoms with van der Waals surface area (Å²) in [5.41, 5.74) is 0.517. The number of hydrogen-bond donors (Lipinski definition) is 2. The zero-order chi connectivity index (χ0) is 16.3. The third kappa shape index (κ3) is 3.52. The molecule has 0 aromatic heterocycles. The van der Waals surface area contributed by atoms with Crippen molar-refractivity contribution in [3.63, 3.8) is 0 Å². The predicted molar refractivity (Wildman–Crippen MR) is 86.1 cm³/mol. The van der Waals surface area contributed by atoms with Crippen LogP contribution in [0.4, 0.5) is 0 Å². The largest absolute Gasteiger partial charge is 0.491 e. The van der Waals surface area contributed by atoms with Crippen molar-refractivity contribution in [1.82, 2.24) is 4.72 Å². The Kier molecular flexibility index (Phi) is 4.31. The van der Waals surface area contributed by atoms with Gasteiger partial charge in [0, 0.05) is 5.56 Å². The molecular formula is C16H16N2O4S. The van der Waals surface area contributed by atoms with E-state index in [0.717, 1.165) is 0 Å². The molecule has 0 aliphatic carbocycles. The number of hydrogen-bond acceptors (Lipinski definition) is 5. The molecule has 2 N–H and O–H groups in total. The van der Waals surface area contributed by atoms with Crippen molar-refractivity contribution in [1.29, 1.82) is 0 Å². The molecule has 3 rings (SSSR count). The summed E-state index contributed by atoms with van der Waals surface area (Å²) in [6.45, 7) is 0.119. The number of ether oxygens (including phenoxy) is 1. The van der Waals surface area contributed by atoms with E-state index in [0.29, 0.717) is 11.3 Å². The molecule has 120 valence electrons. The normalized spacial score (nSPS) is 18.2. The average Bonchev–Trinajstić information content (AvgIpc) is 2.83. The summed E-state index contributed by atoms with van der Waals surface area (Å²) in [4.78, 5) is 4.37. The Bertz CT molecular complexity index is 819. The highest BCUT2D eigenvalue weighted by Crippen LogP contribution is 2.22. The lowest BCUT2D eigenvalue weighted by molar-refractivity contribution is 0.114. The molecule has 0 amide bonds. The van der Waals surface area contributed by atoms with E-state index >= 15 is 0 Å². The van der Waals surface area contributed by atoms with Gasteiger partial charge in [-0.1, -0.05) is 30.3 Å². The van der Waals surface area contributed by atoms with Crippen LogP contribution in [0.1, 0.15) is 5.56 Å². The molecule has 0 saturated carbocycles. The Morgan fingerprint density at radius 2 is 1.78 bits per heavy atom. The summed E-state index contributed by atoms with van der Waals surface area (Å²) in [7, 11) is -3.55. The summed E-state index contributed by atoms with van der Waals surface area (Å²) in [5.74, 6) is 0.908. The molecular weight excluding hydrogens is 316 g/mol. The summed E-state index contributed by atoms with van der Waals surface area (Å²) >= 11 is 0. The van der Waals surface area contributed by atoms with Crippen molar-refractivity contribution in [2.75, 3.05) is 13.2 Å². The van der Waals surface area contributed by atoms with Crippen molar-refractivity contribution < 1.29 is 18.3 Å². The Morgan fingerprint density at radius 1 is 1.09 bits per heavy atom. The van der Waals surface area contributed by atoms with Crippen LogP contribution in [0.3, 0.4) is 0 Å². The molecule has 0 unspecified atom stereocenters. The minimum Gasteiger partial charge on any atom is -0.491 e. The van der Waals surface area contributed by atoms with E-state index < -0.39 is 16.1 Å². The van der Waals surface area contributed by atoms with Crippen molar-refractivity contribution in [3.8, 4) is 5.75 Å². The molecule has 0 spiro atoms. The molecule has 6 nitrogen and oxygen atoms in total. The molecule has 0 bridgehead atoms. The molecule has 0 saturated heterocycles. The molecule has 2 aromatic rings. The van der Waals surface area contributed by atoms with Gasteiger partial charge < -0.3 is 9.84 Å². The van der Waals surface area contributed by atoms with Crippen LogP contribution in [-0.2, 0) is 10.0 Å². The maximum absolute atomic E-state index is 11.9. The number of aliphatic hydroxyl groups excluding tert-OH is 1. The molecule has 0 fully saturated rings. The molecule has 1 aliphatic heterocycles. The number of amidine groups is 1. The molecule has 0 radical (unpaired) electrons. The molecule has 2 aromatic carbocycles. The van der Waals surface area contributed by atoms with Crippen LogP contribution < -0.4 is 9.46 Å². The van der Waals surface area contributed by atoms with Crippen LogP contribution >= 0.6 is 0 Å². The van der Waals surface area contributed by atoms with Gasteiger partial charge in [-0.2, -0.15) is 0 Å². The number of para-hydroxylation sites is 1. The third-order valence-corrected chi connectivity index (χ3v) is 4.71. The first kappa shape index (κ1) is 15.5. The van der Waals surface area contributed by atoms with E-state index in [9.17, 15) is 13.5 Å². The van der Waals surface area contributed by atoms with Crippen LogP contribution in [0.2, 0.25) is 0 Å². The lowest BCUT2D eigenvalue weighted by atomic mass is 10.2. The van der Waals surface area contributed by atoms with Crippen LogP contribution in [0.15, 0.2) is 64.5 Å². The summed E-state index contributed by atoms with van der Waals surface area (Å²) in [6, 6.07) is 15.7. The highest BCUT2D eigenvalue weighted by molar-refractivity contribution is 7.90. The minimum atomic E-state index is -3.55. The van der Waals surface area contributed by atoms with Gasteiger partial charge in [0.1, 0.15) is 24.3 Å². The van der Waals surface area contributed by atoms with E-state index in [2.05, 4.69) is 9.71 Å². The number of nitrogens with zero attached hydrogens (tertiary/aromatic N) is 1. The van der Waals surface area contributed by atoms with E-state index in [-0.39, 0.29) is 23.9 Å². The number of sulfonamides is 1. The average molecular weight is 332 g/mol. The molecule has 1 heterocycles. The van der Waals surface area contributed by atoms with E-state index in [1.54, 1.807) is 30.3 Å². The number of rotatable bonds is 5. The van der Waals surface area contributed by atoms with Gasteiger partial charge in [-0.25, -0.2) is 8.42 Å². The standard InChI is InChI=1S/C16H16N2O4S/c19-12(11-22-13-6-2-1-3-7-13)10-17-16-14-8-4-5-9-15(14)23(20,21)18-16/h1-9,12,19H,10-11H2,(H,17,18)/t12-/m1/s1. The van der Waals surface area contributed by atoms with Gasteiger partial charge in [-0.05, 0) is 24.3 Å². The van der Waals surface area contributed by atoms with Crippen molar-refractivity contribution in [3.05, 3.63) is 60.2 Å². The Hall–Kier alpha value is -2.38. The lowest BCUT2D eigenvalue weighted by Gasteiger charge is -2.10. The second kappa shape index (κ2) is 6.39. The fourth-order valence-corrected chi connectivity index (χ4v) is 3.46. The predicted octanol–water partition coefficient (Wildman–Crippen LogP) is 1.16. The maximum Gasteiger partial charge on any atom is 0.263 e. The lowest BCUT2D eigenvalue weighted by Crippen LogP contribution is -2.26. The zero-order valence-electron chi connectivity index (χ0n) is 12.2. The number of fused-ring (bicyclic) bond motifs is 1. The molecule has 23 heavy (non-hydrogen) atoms. The van der Waals surface area contributed by atoms with E-state index in [1.807, 2.05) is 18.2 Å². The fourth-order valence-electron chi connectivity index (χ4n) is 2.21. The Morgan fingerprint density at radius 3 is 2.57 bits per heavy atom. The maximum atomic E-state index is 11.9. The van der Waals surface area contributed by atoms with Crippen molar-refractivity contribution >= 4 is 15.9 Å². The van der Waals surface area contributed by atoms with Gasteiger partial charge in [0.05, 0.1) is 11.4 Å². The van der Waals surface area contributed by atoms with Crippen molar-refractivity contribution in [2.24, 2.45) is 4.99 Å². The molecule has 7 heteroatoms. The third-order valence-electron chi connectivity index (χ3n) is 3.31. The number of nitrogens with one attached hydrogen (secondary N) is 1. The molecule has 1 aliphatic rings. The van der Waals surface area contributed by atoms with E-state index in [4.69, 9.17) is 4.74 Å². The smallest absolute Gasteiger partial charge is 0.263 e. The van der Waals surface area contributed by atoms with Crippen LogP contribution in [0, 0.1) is 0 Å². The number of aliphatic hydroxyl groups is 1. The number of aliphatic imine (C=N–C) groups is 1. The minimum absolute atomic E-state index is 0.0407. The molecule has 1 atom stereocenters. The highest BCUT2D eigenvalue weighted by Gasteiger charge is 2.30. The van der Waals surface area contributed by atoms with Gasteiger partial charge in [-0.3, -0.25) is 9.71 Å². The second-order valence-corrected chi connectivity index (χ2v) is 6.72. The van der Waals surface area contributed by atoms with E-state index in [1.165, 1.54) is 6.07 Å².